The largest absolute Gasteiger partial charge is 0.497 e. The Bertz CT molecular complexity index is 1590. The Balaban J connectivity index is 1.86. The molecule has 4 heteroatoms. The van der Waals surface area contributed by atoms with Crippen LogP contribution in [0.2, 0.25) is 10.0 Å². The summed E-state index contributed by atoms with van der Waals surface area (Å²) < 4.78 is 11.0. The molecule has 0 saturated carbocycles. The number of hydrogen-bond donors (Lipinski definition) is 0. The van der Waals surface area contributed by atoms with Crippen molar-refractivity contribution >= 4 is 28.8 Å². The lowest BCUT2D eigenvalue weighted by molar-refractivity contribution is 0.414. The molecule has 0 aromatic heterocycles. The van der Waals surface area contributed by atoms with Gasteiger partial charge in [0.15, 0.2) is 0 Å². The zero-order valence-electron chi connectivity index (χ0n) is 23.8. The summed E-state index contributed by atoms with van der Waals surface area (Å²) in [5, 5.41) is 1.11. The zero-order chi connectivity index (χ0) is 28.6. The maximum atomic E-state index is 6.70. The minimum absolute atomic E-state index is 0.0479. The van der Waals surface area contributed by atoms with Crippen LogP contribution >= 0.6 is 23.2 Å². The number of rotatable bonds is 7. The van der Waals surface area contributed by atoms with Crippen LogP contribution < -0.4 is 9.47 Å². The van der Waals surface area contributed by atoms with Gasteiger partial charge in [-0.2, -0.15) is 0 Å². The van der Waals surface area contributed by atoms with Crippen LogP contribution in [0.4, 0.5) is 0 Å². The molecule has 4 aromatic rings. The van der Waals surface area contributed by atoms with Gasteiger partial charge in [0, 0.05) is 11.3 Å². The first-order valence-corrected chi connectivity index (χ1v) is 14.2. The Morgan fingerprint density at radius 3 is 1.82 bits per heavy atom. The summed E-state index contributed by atoms with van der Waals surface area (Å²) in [6.45, 7) is 9.04. The van der Waals surface area contributed by atoms with Crippen molar-refractivity contribution in [3.63, 3.8) is 0 Å². The molecule has 0 radical (unpaired) electrons. The Labute approximate surface area is 247 Å². The van der Waals surface area contributed by atoms with Crippen LogP contribution in [0.1, 0.15) is 61.4 Å². The molecule has 0 aliphatic heterocycles. The lowest BCUT2D eigenvalue weighted by atomic mass is 9.68. The van der Waals surface area contributed by atoms with E-state index in [0.717, 1.165) is 28.2 Å². The quantitative estimate of drug-likeness (QED) is 0.220. The zero-order valence-corrected chi connectivity index (χ0v) is 25.3. The van der Waals surface area contributed by atoms with Crippen molar-refractivity contribution in [1.29, 1.82) is 0 Å². The van der Waals surface area contributed by atoms with Gasteiger partial charge in [0.2, 0.25) is 0 Å². The molecule has 2 nitrogen and oxygen atoms in total. The molecular formula is C36H34Cl2O2. The van der Waals surface area contributed by atoms with Gasteiger partial charge in [0.25, 0.3) is 0 Å². The van der Waals surface area contributed by atoms with Crippen LogP contribution in [0.3, 0.4) is 0 Å². The Kier molecular flexibility index (Phi) is 7.86. The van der Waals surface area contributed by atoms with Crippen LogP contribution in [0.5, 0.6) is 11.5 Å². The topological polar surface area (TPSA) is 18.5 Å². The molecular weight excluding hydrogens is 535 g/mol. The Morgan fingerprint density at radius 1 is 0.725 bits per heavy atom. The number of allylic oxidation sites excluding steroid dienone is 3. The fraction of sp³-hybridized carbons (Fsp3) is 0.222. The molecule has 0 spiro atoms. The molecule has 5 rings (SSSR count). The Hall–Kier alpha value is -3.46. The van der Waals surface area contributed by atoms with Gasteiger partial charge in [-0.05, 0) is 94.8 Å². The average molecular weight is 570 g/mol. The second-order valence-corrected chi connectivity index (χ2v) is 11.8. The van der Waals surface area contributed by atoms with Crippen molar-refractivity contribution in [3.8, 4) is 11.5 Å². The first kappa shape index (κ1) is 28.1. The third kappa shape index (κ3) is 4.96. The molecule has 0 saturated heterocycles. The van der Waals surface area contributed by atoms with Crippen molar-refractivity contribution in [2.45, 2.75) is 39.0 Å². The maximum Gasteiger partial charge on any atom is 0.118 e. The van der Waals surface area contributed by atoms with E-state index in [1.54, 1.807) is 14.2 Å². The van der Waals surface area contributed by atoms with Crippen LogP contribution in [0, 0.1) is 0 Å². The van der Waals surface area contributed by atoms with Crippen LogP contribution in [0.15, 0.2) is 108 Å². The number of halogens is 2. The van der Waals surface area contributed by atoms with Gasteiger partial charge in [-0.15, -0.1) is 0 Å². The number of ether oxygens (including phenoxy) is 2. The highest BCUT2D eigenvalue weighted by atomic mass is 35.5. The summed E-state index contributed by atoms with van der Waals surface area (Å²) in [5.41, 5.74) is 10.5. The van der Waals surface area contributed by atoms with Crippen LogP contribution in [-0.4, -0.2) is 14.2 Å². The molecule has 0 amide bonds. The van der Waals surface area contributed by atoms with E-state index in [1.165, 1.54) is 33.4 Å². The maximum absolute atomic E-state index is 6.70. The molecule has 1 aliphatic carbocycles. The summed E-state index contributed by atoms with van der Waals surface area (Å²) in [5.74, 6) is 1.62. The van der Waals surface area contributed by atoms with Crippen LogP contribution in [0.25, 0.3) is 5.57 Å². The van der Waals surface area contributed by atoms with Crippen molar-refractivity contribution < 1.29 is 9.47 Å². The summed E-state index contributed by atoms with van der Waals surface area (Å²) in [4.78, 5) is 0. The lowest BCUT2D eigenvalue weighted by Gasteiger charge is -2.35. The molecule has 0 fully saturated rings. The number of hydrogen-bond acceptors (Lipinski definition) is 2. The SMILES string of the molecule is COc1ccc(C2C(C(=C(C)C)C(C)(C)c3ccc(OC)cc3)=C(c3ccccc3)c3cc(Cl)c(Cl)cc32)cc1. The highest BCUT2D eigenvalue weighted by molar-refractivity contribution is 6.42. The Morgan fingerprint density at radius 2 is 1.27 bits per heavy atom. The second kappa shape index (κ2) is 11.2. The summed E-state index contributed by atoms with van der Waals surface area (Å²) in [7, 11) is 3.39. The highest BCUT2D eigenvalue weighted by Crippen LogP contribution is 2.56. The van der Waals surface area contributed by atoms with E-state index >= 15 is 0 Å². The van der Waals surface area contributed by atoms with E-state index in [-0.39, 0.29) is 11.3 Å². The van der Waals surface area contributed by atoms with Gasteiger partial charge in [0.05, 0.1) is 24.3 Å². The smallest absolute Gasteiger partial charge is 0.118 e. The van der Waals surface area contributed by atoms with E-state index in [1.807, 2.05) is 36.4 Å². The predicted octanol–water partition coefficient (Wildman–Crippen LogP) is 10.3. The molecule has 4 aromatic carbocycles. The first-order valence-electron chi connectivity index (χ1n) is 13.4. The second-order valence-electron chi connectivity index (χ2n) is 10.9. The van der Waals surface area contributed by atoms with Crippen molar-refractivity contribution in [1.82, 2.24) is 0 Å². The van der Waals surface area contributed by atoms with Gasteiger partial charge in [0.1, 0.15) is 11.5 Å². The third-order valence-corrected chi connectivity index (χ3v) is 8.67. The van der Waals surface area contributed by atoms with Gasteiger partial charge < -0.3 is 9.47 Å². The number of methoxy groups -OCH3 is 2. The van der Waals surface area contributed by atoms with Gasteiger partial charge >= 0.3 is 0 Å². The third-order valence-electron chi connectivity index (χ3n) is 7.95. The molecule has 0 N–H and O–H groups in total. The van der Waals surface area contributed by atoms with E-state index < -0.39 is 0 Å². The fourth-order valence-corrected chi connectivity index (χ4v) is 6.51. The molecule has 1 aliphatic rings. The normalized spacial score (nSPS) is 14.7. The average Bonchev–Trinajstić information content (AvgIpc) is 3.26. The number of benzene rings is 4. The molecule has 40 heavy (non-hydrogen) atoms. The lowest BCUT2D eigenvalue weighted by Crippen LogP contribution is -2.25. The van der Waals surface area contributed by atoms with E-state index in [0.29, 0.717) is 10.0 Å². The standard InChI is InChI=1S/C36H34Cl2O2/c1-22(2)35(36(3,4)25-14-18-27(40-6)19-15-25)34-32(23-10-8-7-9-11-23)28-20-30(37)31(38)21-29(28)33(34)24-12-16-26(39-5)17-13-24/h7-21,33H,1-6H3. The molecule has 1 unspecified atom stereocenters. The van der Waals surface area contributed by atoms with E-state index in [9.17, 15) is 0 Å². The minimum Gasteiger partial charge on any atom is -0.497 e. The highest BCUT2D eigenvalue weighted by Gasteiger charge is 2.41. The van der Waals surface area contributed by atoms with E-state index in [2.05, 4.69) is 82.3 Å². The molecule has 1 atom stereocenters. The minimum atomic E-state index is -0.319. The fourth-order valence-electron chi connectivity index (χ4n) is 6.17. The van der Waals surface area contributed by atoms with Crippen LogP contribution in [-0.2, 0) is 5.41 Å². The first-order chi connectivity index (χ1) is 19.2. The predicted molar refractivity (Wildman–Crippen MR) is 168 cm³/mol. The summed E-state index contributed by atoms with van der Waals surface area (Å²) >= 11 is 13.4. The van der Waals surface area contributed by atoms with Crippen molar-refractivity contribution in [2.75, 3.05) is 14.2 Å². The monoisotopic (exact) mass is 568 g/mol. The number of fused-ring (bicyclic) bond motifs is 1. The van der Waals surface area contributed by atoms with Crippen molar-refractivity contribution in [2.24, 2.45) is 0 Å². The van der Waals surface area contributed by atoms with Gasteiger partial charge in [-0.25, -0.2) is 0 Å². The van der Waals surface area contributed by atoms with E-state index in [4.69, 9.17) is 32.7 Å². The van der Waals surface area contributed by atoms with Gasteiger partial charge in [-0.3, -0.25) is 0 Å². The summed E-state index contributed by atoms with van der Waals surface area (Å²) in [6, 6.07) is 31.5. The molecule has 0 bridgehead atoms. The van der Waals surface area contributed by atoms with Gasteiger partial charge in [-0.1, -0.05) is 97.2 Å². The van der Waals surface area contributed by atoms with Crippen molar-refractivity contribution in [3.05, 3.63) is 146 Å². The molecule has 0 heterocycles. The molecule has 204 valence electrons. The summed E-state index contributed by atoms with van der Waals surface area (Å²) in [6.07, 6.45) is 0.